The van der Waals surface area contributed by atoms with Crippen LogP contribution in [0.5, 0.6) is 11.5 Å². The van der Waals surface area contributed by atoms with Gasteiger partial charge in [0.15, 0.2) is 11.5 Å². The molecule has 2 aromatic carbocycles. The summed E-state index contributed by atoms with van der Waals surface area (Å²) in [6, 6.07) is 11.1. The van der Waals surface area contributed by atoms with Crippen LogP contribution in [0.4, 0.5) is 10.1 Å². The van der Waals surface area contributed by atoms with Crippen molar-refractivity contribution in [2.24, 2.45) is 0 Å². The van der Waals surface area contributed by atoms with Gasteiger partial charge < -0.3 is 19.9 Å². The van der Waals surface area contributed by atoms with Gasteiger partial charge in [-0.3, -0.25) is 4.79 Å². The van der Waals surface area contributed by atoms with E-state index in [4.69, 9.17) is 14.6 Å². The van der Waals surface area contributed by atoms with E-state index in [1.54, 1.807) is 36.4 Å². The van der Waals surface area contributed by atoms with Crippen molar-refractivity contribution in [3.05, 3.63) is 59.7 Å². The van der Waals surface area contributed by atoms with E-state index in [0.717, 1.165) is 0 Å². The number of carbonyl (C=O) groups is 2. The van der Waals surface area contributed by atoms with Gasteiger partial charge in [0.2, 0.25) is 5.91 Å². The van der Waals surface area contributed by atoms with Crippen LogP contribution in [0.25, 0.3) is 6.08 Å². The highest BCUT2D eigenvalue weighted by Gasteiger charge is 2.10. The van der Waals surface area contributed by atoms with E-state index >= 15 is 0 Å². The zero-order valence-electron chi connectivity index (χ0n) is 14.1. The van der Waals surface area contributed by atoms with Crippen molar-refractivity contribution in [1.82, 2.24) is 0 Å². The largest absolute Gasteiger partial charge is 0.493 e. The fourth-order valence-electron chi connectivity index (χ4n) is 2.18. The molecule has 0 radical (unpaired) electrons. The summed E-state index contributed by atoms with van der Waals surface area (Å²) in [5.41, 5.74) is 0.878. The normalized spacial score (nSPS) is 10.5. The van der Waals surface area contributed by atoms with Gasteiger partial charge in [0.05, 0.1) is 18.4 Å². The predicted molar refractivity (Wildman–Crippen MR) is 95.5 cm³/mol. The number of aromatic carboxylic acids is 1. The van der Waals surface area contributed by atoms with E-state index < -0.39 is 18.6 Å². The van der Waals surface area contributed by atoms with Crippen LogP contribution in [0.2, 0.25) is 0 Å². The minimum atomic E-state index is -1.13. The second kappa shape index (κ2) is 9.22. The van der Waals surface area contributed by atoms with Crippen molar-refractivity contribution >= 4 is 23.6 Å². The molecule has 0 aromatic heterocycles. The lowest BCUT2D eigenvalue weighted by atomic mass is 10.1. The Hall–Kier alpha value is -3.35. The van der Waals surface area contributed by atoms with Gasteiger partial charge in [0.1, 0.15) is 13.3 Å². The van der Waals surface area contributed by atoms with Crippen molar-refractivity contribution < 1.29 is 28.6 Å². The molecule has 26 heavy (non-hydrogen) atoms. The van der Waals surface area contributed by atoms with Crippen LogP contribution >= 0.6 is 0 Å². The number of anilines is 1. The van der Waals surface area contributed by atoms with Crippen LogP contribution in [0.15, 0.2) is 48.5 Å². The summed E-state index contributed by atoms with van der Waals surface area (Å²) in [5.74, 6) is -0.784. The molecule has 1 amide bonds. The monoisotopic (exact) mass is 359 g/mol. The van der Waals surface area contributed by atoms with Crippen LogP contribution < -0.4 is 14.8 Å². The van der Waals surface area contributed by atoms with Crippen LogP contribution in [-0.4, -0.2) is 37.4 Å². The number of hydrogen-bond acceptors (Lipinski definition) is 4. The first-order valence-corrected chi connectivity index (χ1v) is 7.73. The molecule has 0 aliphatic rings. The van der Waals surface area contributed by atoms with Crippen LogP contribution in [0.3, 0.4) is 0 Å². The molecule has 136 valence electrons. The molecule has 0 aliphatic heterocycles. The number of para-hydroxylation sites is 1. The summed E-state index contributed by atoms with van der Waals surface area (Å²) in [5, 5.41) is 11.6. The quantitative estimate of drug-likeness (QED) is 0.706. The van der Waals surface area contributed by atoms with E-state index in [-0.39, 0.29) is 17.9 Å². The Morgan fingerprint density at radius 3 is 2.65 bits per heavy atom. The van der Waals surface area contributed by atoms with Crippen molar-refractivity contribution in [1.29, 1.82) is 0 Å². The molecule has 2 rings (SSSR count). The van der Waals surface area contributed by atoms with Gasteiger partial charge in [-0.15, -0.1) is 0 Å². The molecule has 0 saturated carbocycles. The van der Waals surface area contributed by atoms with Crippen LogP contribution in [0, 0.1) is 0 Å². The summed E-state index contributed by atoms with van der Waals surface area (Å²) >= 11 is 0. The Bertz CT molecular complexity index is 819. The number of methoxy groups -OCH3 is 1. The van der Waals surface area contributed by atoms with E-state index in [9.17, 15) is 14.0 Å². The maximum absolute atomic E-state index is 12.2. The smallest absolute Gasteiger partial charge is 0.337 e. The molecular weight excluding hydrogens is 341 g/mol. The van der Waals surface area contributed by atoms with Gasteiger partial charge in [-0.1, -0.05) is 18.2 Å². The average molecular weight is 359 g/mol. The summed E-state index contributed by atoms with van der Waals surface area (Å²) in [7, 11) is 1.46. The number of hydrogen-bond donors (Lipinski definition) is 2. The molecule has 0 saturated heterocycles. The van der Waals surface area contributed by atoms with Crippen LogP contribution in [0.1, 0.15) is 15.9 Å². The number of nitrogens with one attached hydrogen (secondary N) is 1. The number of alkyl halides is 1. The minimum Gasteiger partial charge on any atom is -0.493 e. The Balaban J connectivity index is 2.09. The highest BCUT2D eigenvalue weighted by Crippen LogP contribution is 2.28. The Morgan fingerprint density at radius 1 is 1.19 bits per heavy atom. The summed E-state index contributed by atoms with van der Waals surface area (Å²) in [6.07, 6.45) is 2.82. The maximum Gasteiger partial charge on any atom is 0.337 e. The SMILES string of the molecule is COc1cc(C=CC(=O)Nc2ccccc2C(=O)O)ccc1OCCF. The maximum atomic E-state index is 12.2. The summed E-state index contributed by atoms with van der Waals surface area (Å²) < 4.78 is 22.6. The second-order valence-corrected chi connectivity index (χ2v) is 5.12. The molecule has 2 N–H and O–H groups in total. The van der Waals surface area contributed by atoms with Gasteiger partial charge in [-0.05, 0) is 35.9 Å². The van der Waals surface area contributed by atoms with E-state index in [0.29, 0.717) is 17.1 Å². The minimum absolute atomic E-state index is 0.00489. The fraction of sp³-hybridized carbons (Fsp3) is 0.158. The number of halogens is 1. The number of rotatable bonds is 8. The fourth-order valence-corrected chi connectivity index (χ4v) is 2.18. The topological polar surface area (TPSA) is 84.9 Å². The Morgan fingerprint density at radius 2 is 1.96 bits per heavy atom. The Kier molecular flexibility index (Phi) is 6.73. The molecule has 0 spiro atoms. The van der Waals surface area contributed by atoms with Gasteiger partial charge in [0.25, 0.3) is 0 Å². The predicted octanol–water partition coefficient (Wildman–Crippen LogP) is 3.39. The molecule has 0 fully saturated rings. The van der Waals surface area contributed by atoms with Gasteiger partial charge in [-0.25, -0.2) is 9.18 Å². The molecule has 0 heterocycles. The molecule has 0 aliphatic carbocycles. The molecule has 2 aromatic rings. The molecule has 6 nitrogen and oxygen atoms in total. The van der Waals surface area contributed by atoms with Gasteiger partial charge >= 0.3 is 5.97 Å². The van der Waals surface area contributed by atoms with Crippen molar-refractivity contribution in [2.75, 3.05) is 25.7 Å². The number of carbonyl (C=O) groups excluding carboxylic acids is 1. The number of carboxylic acids is 1. The molecular formula is C19H18FNO5. The van der Waals surface area contributed by atoms with Gasteiger partial charge in [0, 0.05) is 6.08 Å². The second-order valence-electron chi connectivity index (χ2n) is 5.12. The first kappa shape index (κ1) is 19.0. The number of carboxylic acid groups (broad SMARTS) is 1. The molecule has 7 heteroatoms. The summed E-state index contributed by atoms with van der Waals surface area (Å²) in [4.78, 5) is 23.2. The zero-order chi connectivity index (χ0) is 18.9. The highest BCUT2D eigenvalue weighted by molar-refractivity contribution is 6.06. The first-order chi connectivity index (χ1) is 12.5. The van der Waals surface area contributed by atoms with E-state index in [1.165, 1.54) is 25.3 Å². The van der Waals surface area contributed by atoms with E-state index in [2.05, 4.69) is 5.32 Å². The highest BCUT2D eigenvalue weighted by atomic mass is 19.1. The number of amides is 1. The average Bonchev–Trinajstić information content (AvgIpc) is 2.65. The van der Waals surface area contributed by atoms with E-state index in [1.807, 2.05) is 0 Å². The molecule has 0 bridgehead atoms. The lowest BCUT2D eigenvalue weighted by Gasteiger charge is -2.10. The standard InChI is InChI=1S/C19H18FNO5/c1-25-17-12-13(6-8-16(17)26-11-10-20)7-9-18(22)21-15-5-3-2-4-14(15)19(23)24/h2-9,12H,10-11H2,1H3,(H,21,22)(H,23,24). The molecule has 0 atom stereocenters. The van der Waals surface area contributed by atoms with Crippen molar-refractivity contribution in [3.8, 4) is 11.5 Å². The number of ether oxygens (including phenoxy) is 2. The zero-order valence-corrected chi connectivity index (χ0v) is 14.1. The molecule has 0 unspecified atom stereocenters. The third-order valence-electron chi connectivity index (χ3n) is 3.36. The lowest BCUT2D eigenvalue weighted by Crippen LogP contribution is -2.11. The summed E-state index contributed by atoms with van der Waals surface area (Å²) in [6.45, 7) is -0.681. The van der Waals surface area contributed by atoms with Crippen molar-refractivity contribution in [2.45, 2.75) is 0 Å². The number of benzene rings is 2. The van der Waals surface area contributed by atoms with Gasteiger partial charge in [-0.2, -0.15) is 0 Å². The first-order valence-electron chi connectivity index (χ1n) is 7.73. The third kappa shape index (κ3) is 5.07. The van der Waals surface area contributed by atoms with Crippen LogP contribution in [-0.2, 0) is 4.79 Å². The third-order valence-corrected chi connectivity index (χ3v) is 3.36. The Labute approximate surface area is 149 Å². The van der Waals surface area contributed by atoms with Crippen molar-refractivity contribution in [3.63, 3.8) is 0 Å². The lowest BCUT2D eigenvalue weighted by molar-refractivity contribution is -0.111.